The molecule has 0 unspecified atom stereocenters. The number of benzene rings is 4. The van der Waals surface area contributed by atoms with Gasteiger partial charge in [-0.2, -0.15) is 0 Å². The van der Waals surface area contributed by atoms with Crippen molar-refractivity contribution in [3.05, 3.63) is 149 Å². The van der Waals surface area contributed by atoms with Crippen molar-refractivity contribution >= 4 is 17.0 Å². The van der Waals surface area contributed by atoms with Crippen LogP contribution in [0.1, 0.15) is 33.6 Å². The zero-order chi connectivity index (χ0) is 25.2. The number of H-pyrrole nitrogens is 1. The first kappa shape index (κ1) is 22.8. The molecule has 0 aliphatic rings. The highest BCUT2D eigenvalue weighted by Crippen LogP contribution is 2.41. The number of imidazole rings is 2. The molecule has 0 bridgehead atoms. The van der Waals surface area contributed by atoms with Crippen LogP contribution in [0.25, 0.3) is 11.0 Å². The minimum Gasteiger partial charge on any atom is -0.369 e. The summed E-state index contributed by atoms with van der Waals surface area (Å²) in [5.74, 6) is 0.445. The van der Waals surface area contributed by atoms with Crippen LogP contribution in [0.15, 0.2) is 116 Å². The molecule has 0 amide bonds. The SMILES string of the molecule is Cc1c(CCc2ccc3[nH]c(N)nc3c2)ncn1C(c1ccccc1)(c1ccccc1)c1ccccc1. The summed E-state index contributed by atoms with van der Waals surface area (Å²) in [5.41, 5.74) is 14.2. The lowest BCUT2D eigenvalue weighted by atomic mass is 9.76. The monoisotopic (exact) mass is 483 g/mol. The molecule has 0 saturated heterocycles. The van der Waals surface area contributed by atoms with Gasteiger partial charge in [-0.15, -0.1) is 0 Å². The van der Waals surface area contributed by atoms with Gasteiger partial charge in [0.25, 0.3) is 0 Å². The molecule has 5 heteroatoms. The Labute approximate surface area is 216 Å². The van der Waals surface area contributed by atoms with Crippen molar-refractivity contribution in [3.63, 3.8) is 0 Å². The van der Waals surface area contributed by atoms with E-state index in [1.54, 1.807) is 0 Å². The number of fused-ring (bicyclic) bond motifs is 1. The molecule has 37 heavy (non-hydrogen) atoms. The smallest absolute Gasteiger partial charge is 0.198 e. The maximum Gasteiger partial charge on any atom is 0.198 e. The summed E-state index contributed by atoms with van der Waals surface area (Å²) >= 11 is 0. The maximum atomic E-state index is 5.83. The van der Waals surface area contributed by atoms with Crippen LogP contribution >= 0.6 is 0 Å². The molecule has 6 aromatic rings. The fraction of sp³-hybridized carbons (Fsp3) is 0.125. The fourth-order valence-corrected chi connectivity index (χ4v) is 5.47. The molecule has 182 valence electrons. The van der Waals surface area contributed by atoms with E-state index in [-0.39, 0.29) is 0 Å². The van der Waals surface area contributed by atoms with Gasteiger partial charge in [-0.3, -0.25) is 0 Å². The maximum absolute atomic E-state index is 5.83. The number of nitrogens with zero attached hydrogens (tertiary/aromatic N) is 3. The van der Waals surface area contributed by atoms with Crippen LogP contribution in [0.2, 0.25) is 0 Å². The minimum atomic E-state index is -0.551. The number of nitrogen functional groups attached to an aromatic ring is 1. The first-order chi connectivity index (χ1) is 18.2. The van der Waals surface area contributed by atoms with E-state index in [0.29, 0.717) is 5.95 Å². The summed E-state index contributed by atoms with van der Waals surface area (Å²) in [7, 11) is 0. The number of nitrogens with two attached hydrogens (primary N) is 1. The highest BCUT2D eigenvalue weighted by atomic mass is 15.1. The van der Waals surface area contributed by atoms with Crippen LogP contribution < -0.4 is 5.73 Å². The summed E-state index contributed by atoms with van der Waals surface area (Å²) in [6.07, 6.45) is 3.71. The number of aromatic nitrogens is 4. The van der Waals surface area contributed by atoms with Gasteiger partial charge in [-0.05, 0) is 54.2 Å². The average molecular weight is 484 g/mol. The van der Waals surface area contributed by atoms with Gasteiger partial charge in [0, 0.05) is 5.69 Å². The van der Waals surface area contributed by atoms with E-state index in [4.69, 9.17) is 10.7 Å². The molecule has 5 nitrogen and oxygen atoms in total. The Morgan fingerprint density at radius 2 is 1.32 bits per heavy atom. The van der Waals surface area contributed by atoms with Gasteiger partial charge in [0.1, 0.15) is 5.54 Å². The summed E-state index contributed by atoms with van der Waals surface area (Å²) in [5, 5.41) is 0. The molecule has 2 aromatic heterocycles. The van der Waals surface area contributed by atoms with Gasteiger partial charge in [0.15, 0.2) is 5.95 Å². The van der Waals surface area contributed by atoms with Gasteiger partial charge >= 0.3 is 0 Å². The Bertz CT molecular complexity index is 1540. The summed E-state index contributed by atoms with van der Waals surface area (Å²) in [6.45, 7) is 2.18. The third-order valence-corrected chi connectivity index (χ3v) is 7.26. The Balaban J connectivity index is 1.46. The van der Waals surface area contributed by atoms with E-state index in [9.17, 15) is 0 Å². The predicted molar refractivity (Wildman–Crippen MR) is 149 cm³/mol. The van der Waals surface area contributed by atoms with Crippen LogP contribution in [-0.4, -0.2) is 19.5 Å². The molecule has 0 saturated carbocycles. The second-order valence-corrected chi connectivity index (χ2v) is 9.43. The molecule has 0 fully saturated rings. The zero-order valence-corrected chi connectivity index (χ0v) is 20.8. The van der Waals surface area contributed by atoms with Gasteiger partial charge in [0.05, 0.1) is 23.1 Å². The molecule has 0 spiro atoms. The lowest BCUT2D eigenvalue weighted by molar-refractivity contribution is 0.503. The lowest BCUT2D eigenvalue weighted by Gasteiger charge is -2.38. The van der Waals surface area contributed by atoms with Crippen molar-refractivity contribution in [1.82, 2.24) is 19.5 Å². The number of aromatic amines is 1. The predicted octanol–water partition coefficient (Wildman–Crippen LogP) is 6.28. The van der Waals surface area contributed by atoms with Gasteiger partial charge < -0.3 is 15.3 Å². The normalized spacial score (nSPS) is 11.7. The minimum absolute atomic E-state index is 0.445. The highest BCUT2D eigenvalue weighted by Gasteiger charge is 2.39. The third kappa shape index (κ3) is 3.99. The molecular formula is C32H29N5. The van der Waals surface area contributed by atoms with Crippen molar-refractivity contribution in [3.8, 4) is 0 Å². The second kappa shape index (κ2) is 9.43. The molecule has 3 N–H and O–H groups in total. The van der Waals surface area contributed by atoms with Crippen molar-refractivity contribution in [2.45, 2.75) is 25.3 Å². The van der Waals surface area contributed by atoms with Crippen molar-refractivity contribution in [1.29, 1.82) is 0 Å². The molecule has 0 atom stereocenters. The Morgan fingerprint density at radius 3 is 1.89 bits per heavy atom. The standard InChI is InChI=1S/C32H29N5/c1-23-28(19-17-24-18-20-29-30(21-24)36-31(33)35-29)34-22-37(23)32(25-11-5-2-6-12-25,26-13-7-3-8-14-26)27-15-9-4-10-16-27/h2-16,18,20-22H,17,19H2,1H3,(H3,33,35,36). The van der Waals surface area contributed by atoms with Crippen LogP contribution in [0.5, 0.6) is 0 Å². The first-order valence-corrected chi connectivity index (χ1v) is 12.6. The molecule has 2 heterocycles. The molecule has 4 aromatic carbocycles. The number of aryl methyl sites for hydroxylation is 2. The molecule has 0 radical (unpaired) electrons. The van der Waals surface area contributed by atoms with Crippen LogP contribution in [0.4, 0.5) is 5.95 Å². The number of nitrogens with one attached hydrogen (secondary N) is 1. The van der Waals surface area contributed by atoms with E-state index in [2.05, 4.69) is 125 Å². The Kier molecular flexibility index (Phi) is 5.81. The van der Waals surface area contributed by atoms with Crippen LogP contribution in [0.3, 0.4) is 0 Å². The first-order valence-electron chi connectivity index (χ1n) is 12.6. The Hall–Kier alpha value is -4.64. The van der Waals surface area contributed by atoms with Crippen LogP contribution in [0, 0.1) is 6.92 Å². The van der Waals surface area contributed by atoms with E-state index < -0.39 is 5.54 Å². The molecule has 0 aliphatic heterocycles. The van der Waals surface area contributed by atoms with E-state index in [0.717, 1.165) is 35.3 Å². The van der Waals surface area contributed by atoms with E-state index in [1.807, 2.05) is 12.4 Å². The summed E-state index contributed by atoms with van der Waals surface area (Å²) < 4.78 is 2.35. The number of hydrogen-bond acceptors (Lipinski definition) is 3. The highest BCUT2D eigenvalue weighted by molar-refractivity contribution is 5.77. The average Bonchev–Trinajstić information content (AvgIpc) is 3.51. The van der Waals surface area contributed by atoms with Gasteiger partial charge in [0.2, 0.25) is 0 Å². The van der Waals surface area contributed by atoms with Crippen molar-refractivity contribution in [2.24, 2.45) is 0 Å². The fourth-order valence-electron chi connectivity index (χ4n) is 5.47. The van der Waals surface area contributed by atoms with Crippen molar-refractivity contribution in [2.75, 3.05) is 5.73 Å². The molecule has 6 rings (SSSR count). The zero-order valence-electron chi connectivity index (χ0n) is 20.8. The van der Waals surface area contributed by atoms with Crippen LogP contribution in [-0.2, 0) is 18.4 Å². The van der Waals surface area contributed by atoms with E-state index in [1.165, 1.54) is 22.3 Å². The molecular weight excluding hydrogens is 454 g/mol. The number of hydrogen-bond donors (Lipinski definition) is 2. The summed E-state index contributed by atoms with van der Waals surface area (Å²) in [6, 6.07) is 38.4. The molecule has 0 aliphatic carbocycles. The summed E-state index contributed by atoms with van der Waals surface area (Å²) in [4.78, 5) is 12.4. The second-order valence-electron chi connectivity index (χ2n) is 9.43. The topological polar surface area (TPSA) is 72.5 Å². The number of rotatable bonds is 7. The van der Waals surface area contributed by atoms with E-state index >= 15 is 0 Å². The van der Waals surface area contributed by atoms with Crippen molar-refractivity contribution < 1.29 is 0 Å². The lowest BCUT2D eigenvalue weighted by Crippen LogP contribution is -2.38. The largest absolute Gasteiger partial charge is 0.369 e. The number of anilines is 1. The Morgan fingerprint density at radius 1 is 0.757 bits per heavy atom. The quantitative estimate of drug-likeness (QED) is 0.263. The third-order valence-electron chi connectivity index (χ3n) is 7.26. The van der Waals surface area contributed by atoms with Gasteiger partial charge in [-0.25, -0.2) is 9.97 Å². The van der Waals surface area contributed by atoms with Gasteiger partial charge in [-0.1, -0.05) is 97.1 Å².